The molecule has 5 rings (SSSR count). The van der Waals surface area contributed by atoms with Gasteiger partial charge in [-0.25, -0.2) is 35.8 Å². The lowest BCUT2D eigenvalue weighted by Crippen LogP contribution is -2.55. The Balaban J connectivity index is 1.50. The molecule has 1 fully saturated rings. The van der Waals surface area contributed by atoms with E-state index < -0.39 is 43.1 Å². The quantitative estimate of drug-likeness (QED) is 0.311. The van der Waals surface area contributed by atoms with Crippen molar-refractivity contribution in [1.29, 1.82) is 0 Å². The standard InChI is InChI=1S/C24H25F6N7O2/c1-38-6-5-35-4-3-17(24(29,30)11-35)32-23-33-22(39-2)21-19(15(26)9-37(21)34-23)13-7-14(25)20-16(8-13)36(12-31-20)10-18(27)28/h7-9,12,17-18H,3-6,10-11H2,1-2H3,(H,32,34). The molecular formula is C24H25F6N7O2. The first-order valence-corrected chi connectivity index (χ1v) is 12.0. The van der Waals surface area contributed by atoms with Gasteiger partial charge in [-0.3, -0.25) is 4.90 Å². The van der Waals surface area contributed by atoms with Gasteiger partial charge in [-0.2, -0.15) is 4.98 Å². The van der Waals surface area contributed by atoms with E-state index in [1.54, 1.807) is 4.90 Å². The van der Waals surface area contributed by atoms with Crippen molar-refractivity contribution in [2.24, 2.45) is 0 Å². The summed E-state index contributed by atoms with van der Waals surface area (Å²) in [5, 5.41) is 6.79. The molecule has 4 aromatic rings. The molecule has 3 aromatic heterocycles. The Morgan fingerprint density at radius 3 is 2.67 bits per heavy atom. The monoisotopic (exact) mass is 557 g/mol. The number of rotatable bonds is 9. The van der Waals surface area contributed by atoms with Crippen LogP contribution in [0, 0.1) is 11.6 Å². The predicted octanol–water partition coefficient (Wildman–Crippen LogP) is 4.07. The number of alkyl halides is 4. The molecule has 0 aliphatic carbocycles. The second kappa shape index (κ2) is 10.5. The van der Waals surface area contributed by atoms with Crippen LogP contribution < -0.4 is 10.1 Å². The summed E-state index contributed by atoms with van der Waals surface area (Å²) in [6.07, 6.45) is -0.566. The summed E-state index contributed by atoms with van der Waals surface area (Å²) in [5.74, 6) is -5.17. The molecule has 15 heteroatoms. The number of hydrogen-bond donors (Lipinski definition) is 1. The minimum absolute atomic E-state index is 0.000343. The van der Waals surface area contributed by atoms with Crippen molar-refractivity contribution in [3.63, 3.8) is 0 Å². The van der Waals surface area contributed by atoms with Crippen LogP contribution in [0.15, 0.2) is 24.7 Å². The lowest BCUT2D eigenvalue weighted by atomic mass is 10.0. The number of nitrogens with one attached hydrogen (secondary N) is 1. The van der Waals surface area contributed by atoms with Gasteiger partial charge in [0.25, 0.3) is 12.3 Å². The number of anilines is 1. The van der Waals surface area contributed by atoms with Crippen molar-refractivity contribution >= 4 is 22.5 Å². The Morgan fingerprint density at radius 2 is 1.97 bits per heavy atom. The third-order valence-corrected chi connectivity index (χ3v) is 6.64. The number of imidazole rings is 1. The minimum Gasteiger partial charge on any atom is -0.479 e. The SMILES string of the molecule is COCCN1CCC(Nc2nc(OC)c3c(-c4cc(F)c5ncn(CC(F)F)c5c4)c(F)cn3n2)C(F)(F)C1. The van der Waals surface area contributed by atoms with Gasteiger partial charge >= 0.3 is 0 Å². The number of nitrogens with zero attached hydrogens (tertiary/aromatic N) is 6. The molecule has 0 amide bonds. The van der Waals surface area contributed by atoms with E-state index in [9.17, 15) is 22.0 Å². The molecule has 0 bridgehead atoms. The van der Waals surface area contributed by atoms with Crippen molar-refractivity contribution in [1.82, 2.24) is 29.0 Å². The second-order valence-electron chi connectivity index (χ2n) is 9.22. The van der Waals surface area contributed by atoms with E-state index in [0.29, 0.717) is 19.7 Å². The van der Waals surface area contributed by atoms with Gasteiger partial charge in [0.1, 0.15) is 11.0 Å². The van der Waals surface area contributed by atoms with Crippen LogP contribution in [0.1, 0.15) is 6.42 Å². The summed E-state index contributed by atoms with van der Waals surface area (Å²) in [5.41, 5.74) is -0.247. The number of ether oxygens (including phenoxy) is 2. The summed E-state index contributed by atoms with van der Waals surface area (Å²) >= 11 is 0. The van der Waals surface area contributed by atoms with Gasteiger partial charge in [-0.05, 0) is 24.1 Å². The molecule has 1 aliphatic rings. The fourth-order valence-corrected chi connectivity index (χ4v) is 4.81. The van der Waals surface area contributed by atoms with Gasteiger partial charge in [-0.1, -0.05) is 0 Å². The number of benzene rings is 1. The van der Waals surface area contributed by atoms with Crippen molar-refractivity contribution < 1.29 is 35.8 Å². The molecule has 0 saturated carbocycles. The maximum Gasteiger partial charge on any atom is 0.280 e. The zero-order valence-electron chi connectivity index (χ0n) is 21.0. The molecule has 1 aliphatic heterocycles. The second-order valence-corrected chi connectivity index (χ2v) is 9.22. The van der Waals surface area contributed by atoms with Crippen LogP contribution in [-0.2, 0) is 11.3 Å². The lowest BCUT2D eigenvalue weighted by Gasteiger charge is -2.38. The van der Waals surface area contributed by atoms with Crippen molar-refractivity contribution in [3.05, 3.63) is 36.3 Å². The van der Waals surface area contributed by atoms with Crippen LogP contribution in [-0.4, -0.2) is 87.9 Å². The van der Waals surface area contributed by atoms with Crippen LogP contribution in [0.3, 0.4) is 0 Å². The number of aromatic nitrogens is 5. The van der Waals surface area contributed by atoms with Gasteiger partial charge in [0.05, 0.1) is 56.5 Å². The molecule has 1 aromatic carbocycles. The van der Waals surface area contributed by atoms with Crippen LogP contribution in [0.2, 0.25) is 0 Å². The number of halogens is 6. The zero-order chi connectivity index (χ0) is 27.9. The van der Waals surface area contributed by atoms with Gasteiger partial charge in [0.15, 0.2) is 11.6 Å². The molecule has 1 unspecified atom stereocenters. The lowest BCUT2D eigenvalue weighted by molar-refractivity contribution is -0.0770. The molecule has 39 heavy (non-hydrogen) atoms. The van der Waals surface area contributed by atoms with E-state index in [1.807, 2.05) is 0 Å². The van der Waals surface area contributed by atoms with Gasteiger partial charge in [0, 0.05) is 20.2 Å². The first-order chi connectivity index (χ1) is 18.6. The Bertz CT molecular complexity index is 1490. The van der Waals surface area contributed by atoms with Gasteiger partial charge < -0.3 is 19.4 Å². The topological polar surface area (TPSA) is 81.7 Å². The highest BCUT2D eigenvalue weighted by molar-refractivity contribution is 5.90. The summed E-state index contributed by atoms with van der Waals surface area (Å²) < 4.78 is 98.3. The first-order valence-electron chi connectivity index (χ1n) is 12.0. The van der Waals surface area contributed by atoms with Crippen molar-refractivity contribution in [2.75, 3.05) is 45.8 Å². The first kappa shape index (κ1) is 27.0. The zero-order valence-corrected chi connectivity index (χ0v) is 21.0. The third-order valence-electron chi connectivity index (χ3n) is 6.64. The highest BCUT2D eigenvalue weighted by Gasteiger charge is 2.45. The Labute approximate surface area is 218 Å². The predicted molar refractivity (Wildman–Crippen MR) is 129 cm³/mol. The van der Waals surface area contributed by atoms with E-state index in [-0.39, 0.29) is 45.9 Å². The summed E-state index contributed by atoms with van der Waals surface area (Å²) in [6, 6.07) is 1.06. The molecular weight excluding hydrogens is 532 g/mol. The third kappa shape index (κ3) is 5.20. The summed E-state index contributed by atoms with van der Waals surface area (Å²) in [7, 11) is 2.76. The fraction of sp³-hybridized carbons (Fsp3) is 0.458. The fourth-order valence-electron chi connectivity index (χ4n) is 4.81. The van der Waals surface area contributed by atoms with Crippen molar-refractivity contribution in [3.8, 4) is 17.0 Å². The summed E-state index contributed by atoms with van der Waals surface area (Å²) in [6.45, 7) is -0.107. The molecule has 0 spiro atoms. The minimum atomic E-state index is -3.11. The summed E-state index contributed by atoms with van der Waals surface area (Å²) in [4.78, 5) is 9.61. The Hall–Kier alpha value is -3.59. The molecule has 9 nitrogen and oxygen atoms in total. The average molecular weight is 557 g/mol. The number of hydrogen-bond acceptors (Lipinski definition) is 7. The molecule has 1 atom stereocenters. The van der Waals surface area contributed by atoms with Crippen LogP contribution in [0.25, 0.3) is 27.7 Å². The highest BCUT2D eigenvalue weighted by Crippen LogP contribution is 2.37. The normalized spacial score (nSPS) is 17.9. The number of methoxy groups -OCH3 is 2. The molecule has 1 N–H and O–H groups in total. The molecule has 0 radical (unpaired) electrons. The molecule has 210 valence electrons. The van der Waals surface area contributed by atoms with E-state index >= 15 is 4.39 Å². The number of fused-ring (bicyclic) bond motifs is 2. The number of piperidine rings is 1. The molecule has 4 heterocycles. The van der Waals surface area contributed by atoms with Crippen molar-refractivity contribution in [2.45, 2.75) is 31.4 Å². The Kier molecular flexibility index (Phi) is 7.29. The van der Waals surface area contributed by atoms with Crippen LogP contribution in [0.5, 0.6) is 5.88 Å². The maximum atomic E-state index is 15.3. The van der Waals surface area contributed by atoms with Crippen LogP contribution >= 0.6 is 0 Å². The molecule has 1 saturated heterocycles. The van der Waals surface area contributed by atoms with E-state index in [2.05, 4.69) is 20.4 Å². The highest BCUT2D eigenvalue weighted by atomic mass is 19.3. The van der Waals surface area contributed by atoms with Gasteiger partial charge in [0.2, 0.25) is 11.8 Å². The van der Waals surface area contributed by atoms with E-state index in [1.165, 1.54) is 20.3 Å². The van der Waals surface area contributed by atoms with Crippen LogP contribution in [0.4, 0.5) is 32.3 Å². The number of likely N-dealkylation sites (tertiary alicyclic amines) is 1. The van der Waals surface area contributed by atoms with Gasteiger partial charge in [-0.15, -0.1) is 5.10 Å². The average Bonchev–Trinajstić information content (AvgIpc) is 3.43. The van der Waals surface area contributed by atoms with E-state index in [4.69, 9.17) is 9.47 Å². The van der Waals surface area contributed by atoms with E-state index in [0.717, 1.165) is 27.7 Å². The Morgan fingerprint density at radius 1 is 1.18 bits per heavy atom. The largest absolute Gasteiger partial charge is 0.479 e. The smallest absolute Gasteiger partial charge is 0.280 e. The maximum absolute atomic E-state index is 15.3.